The van der Waals surface area contributed by atoms with E-state index >= 15 is 0 Å². The largest absolute Gasteiger partial charge is 0.404 e. The maximum Gasteiger partial charge on any atom is 0.168 e. The summed E-state index contributed by atoms with van der Waals surface area (Å²) in [6.07, 6.45) is 4.38. The monoisotopic (exact) mass is 482 g/mol. The number of nitrogens with one attached hydrogen (secondary N) is 1. The topological polar surface area (TPSA) is 75.1 Å². The van der Waals surface area contributed by atoms with Gasteiger partial charge in [0.05, 0.1) is 0 Å². The molecule has 0 saturated heterocycles. The van der Waals surface area contributed by atoms with Gasteiger partial charge in [-0.2, -0.15) is 0 Å². The van der Waals surface area contributed by atoms with Crippen molar-refractivity contribution in [2.75, 3.05) is 20.6 Å². The number of fused-ring (bicyclic) bond motifs is 1. The maximum atomic E-state index is 13.8. The molecule has 0 bridgehead atoms. The summed E-state index contributed by atoms with van der Waals surface area (Å²) in [5.74, 6) is -0.500. The van der Waals surface area contributed by atoms with E-state index in [-0.39, 0.29) is 22.7 Å². The lowest BCUT2D eigenvalue weighted by Gasteiger charge is -2.15. The second-order valence-corrected chi connectivity index (χ2v) is 9.29. The van der Waals surface area contributed by atoms with Crippen molar-refractivity contribution in [2.45, 2.75) is 33.2 Å². The minimum atomic E-state index is -0.288. The molecule has 1 atom stereocenters. The number of likely N-dealkylation sites (N-methyl/N-ethyl adjacent to an activating group) is 1. The highest BCUT2D eigenvalue weighted by Crippen LogP contribution is 2.30. The molecule has 1 aromatic heterocycles. The smallest absolute Gasteiger partial charge is 0.168 e. The van der Waals surface area contributed by atoms with Crippen molar-refractivity contribution in [1.82, 2.24) is 9.47 Å². The van der Waals surface area contributed by atoms with Gasteiger partial charge >= 0.3 is 0 Å². The van der Waals surface area contributed by atoms with Crippen molar-refractivity contribution >= 4 is 39.0 Å². The van der Waals surface area contributed by atoms with E-state index in [0.717, 1.165) is 34.1 Å². The van der Waals surface area contributed by atoms with E-state index in [1.54, 1.807) is 6.07 Å². The molecule has 0 aliphatic heterocycles. The van der Waals surface area contributed by atoms with Gasteiger partial charge in [0.1, 0.15) is 11.0 Å². The second kappa shape index (κ2) is 11.0. The molecule has 0 radical (unpaired) electrons. The fourth-order valence-electron chi connectivity index (χ4n) is 4.21. The van der Waals surface area contributed by atoms with Crippen molar-refractivity contribution in [3.8, 4) is 0 Å². The molecular weight excluding hydrogens is 451 g/mol. The third kappa shape index (κ3) is 5.57. The number of rotatable bonds is 10. The van der Waals surface area contributed by atoms with Gasteiger partial charge in [-0.25, -0.2) is 4.39 Å². The Hall–Kier alpha value is -2.96. The van der Waals surface area contributed by atoms with Crippen molar-refractivity contribution < 1.29 is 9.18 Å². The molecular formula is C27H32ClFN4O. The van der Waals surface area contributed by atoms with Crippen LogP contribution in [0.25, 0.3) is 16.5 Å². The molecule has 0 saturated carbocycles. The number of Topliss-reactive ketones (excluding diaryl/α,β-unsaturated/α-hetero) is 1. The molecule has 180 valence electrons. The molecule has 0 aliphatic rings. The number of hydrogen-bond donors (Lipinski definition) is 2. The number of aromatic nitrogens is 1. The summed E-state index contributed by atoms with van der Waals surface area (Å²) in [6.45, 7) is 5.43. The van der Waals surface area contributed by atoms with Gasteiger partial charge in [0.15, 0.2) is 5.78 Å². The Morgan fingerprint density at radius 3 is 2.62 bits per heavy atom. The van der Waals surface area contributed by atoms with Crippen LogP contribution in [0.1, 0.15) is 40.4 Å². The first-order valence-corrected chi connectivity index (χ1v) is 11.8. The van der Waals surface area contributed by atoms with E-state index < -0.39 is 0 Å². The minimum Gasteiger partial charge on any atom is -0.404 e. The molecule has 3 rings (SSSR count). The van der Waals surface area contributed by atoms with Crippen LogP contribution >= 0.6 is 11.6 Å². The number of allylic oxidation sites excluding steroid dienone is 1. The summed E-state index contributed by atoms with van der Waals surface area (Å²) in [6, 6.07) is 10.4. The second-order valence-electron chi connectivity index (χ2n) is 8.91. The molecule has 0 spiro atoms. The summed E-state index contributed by atoms with van der Waals surface area (Å²) >= 11 is 5.93. The molecule has 2 aromatic carbocycles. The molecule has 3 aromatic rings. The Kier molecular flexibility index (Phi) is 8.28. The van der Waals surface area contributed by atoms with E-state index in [0.29, 0.717) is 30.5 Å². The average molecular weight is 483 g/mol. The third-order valence-electron chi connectivity index (χ3n) is 6.29. The first-order chi connectivity index (χ1) is 16.2. The van der Waals surface area contributed by atoms with E-state index in [9.17, 15) is 9.18 Å². The summed E-state index contributed by atoms with van der Waals surface area (Å²) in [5.41, 5.74) is 10.2. The first-order valence-electron chi connectivity index (χ1n) is 11.4. The van der Waals surface area contributed by atoms with Crippen LogP contribution in [0.15, 0.2) is 48.8 Å². The van der Waals surface area contributed by atoms with E-state index in [1.165, 1.54) is 18.3 Å². The summed E-state index contributed by atoms with van der Waals surface area (Å²) < 4.78 is 15.9. The third-order valence-corrected chi connectivity index (χ3v) is 6.49. The van der Waals surface area contributed by atoms with Crippen LogP contribution in [-0.2, 0) is 13.0 Å². The van der Waals surface area contributed by atoms with Crippen molar-refractivity contribution in [3.05, 3.63) is 76.9 Å². The molecule has 1 unspecified atom stereocenters. The Bertz CT molecular complexity index is 1240. The molecule has 3 N–H and O–H groups in total. The van der Waals surface area contributed by atoms with Gasteiger partial charge in [0.2, 0.25) is 0 Å². The highest BCUT2D eigenvalue weighted by molar-refractivity contribution is 6.75. The molecule has 1 heterocycles. The summed E-state index contributed by atoms with van der Waals surface area (Å²) in [7, 11) is 4.00. The fourth-order valence-corrected chi connectivity index (χ4v) is 4.38. The van der Waals surface area contributed by atoms with Crippen molar-refractivity contribution in [1.29, 1.82) is 5.41 Å². The molecule has 5 nitrogen and oxygen atoms in total. The van der Waals surface area contributed by atoms with Crippen molar-refractivity contribution in [3.63, 3.8) is 0 Å². The zero-order chi connectivity index (χ0) is 25.0. The summed E-state index contributed by atoms with van der Waals surface area (Å²) in [4.78, 5) is 15.8. The lowest BCUT2D eigenvalue weighted by molar-refractivity contribution is 0.0917. The number of nitrogens with zero attached hydrogens (tertiary/aromatic N) is 2. The summed E-state index contributed by atoms with van der Waals surface area (Å²) in [5, 5.41) is 8.51. The van der Waals surface area contributed by atoms with Crippen LogP contribution in [0.2, 0.25) is 0 Å². The highest BCUT2D eigenvalue weighted by Gasteiger charge is 2.24. The van der Waals surface area contributed by atoms with E-state index in [4.69, 9.17) is 22.7 Å². The van der Waals surface area contributed by atoms with Gasteiger partial charge in [0, 0.05) is 53.4 Å². The zero-order valence-electron chi connectivity index (χ0n) is 20.2. The maximum absolute atomic E-state index is 13.8. The molecule has 0 aliphatic carbocycles. The number of aryl methyl sites for hydroxylation is 1. The quantitative estimate of drug-likeness (QED) is 0.291. The average Bonchev–Trinajstić information content (AvgIpc) is 3.16. The van der Waals surface area contributed by atoms with Gasteiger partial charge in [-0.05, 0) is 68.8 Å². The van der Waals surface area contributed by atoms with Crippen LogP contribution in [0.4, 0.5) is 4.39 Å². The predicted molar refractivity (Wildman–Crippen MR) is 139 cm³/mol. The lowest BCUT2D eigenvalue weighted by atomic mass is 9.87. The normalized spacial score (nSPS) is 13.0. The number of ketones is 1. The van der Waals surface area contributed by atoms with Crippen molar-refractivity contribution in [2.24, 2.45) is 11.7 Å². The van der Waals surface area contributed by atoms with Gasteiger partial charge in [-0.1, -0.05) is 36.7 Å². The standard InChI is InChI=1S/C27H32ClFN4O/c1-5-18(12-20-13-21(29)8-6-17(20)2)26(34)24-16-33(11-10-32(3)4)25-14-19(7-9-22(24)25)23(15-30)27(28)31/h6-9,13-16,18,31H,5,10-12,30H2,1-4H3/b23-15-,31-27?. The fraction of sp³-hybridized carbons (Fsp3) is 0.333. The van der Waals surface area contributed by atoms with Crippen LogP contribution in [0, 0.1) is 24.1 Å². The highest BCUT2D eigenvalue weighted by atomic mass is 35.5. The number of carbonyl (C=O) groups excluding carboxylic acids is 1. The minimum absolute atomic E-state index is 0.0483. The number of halogens is 2. The van der Waals surface area contributed by atoms with Crippen LogP contribution in [0.3, 0.4) is 0 Å². The van der Waals surface area contributed by atoms with Gasteiger partial charge in [-0.15, -0.1) is 0 Å². The Morgan fingerprint density at radius 1 is 1.26 bits per heavy atom. The van der Waals surface area contributed by atoms with Gasteiger partial charge < -0.3 is 15.2 Å². The number of hydrogen-bond acceptors (Lipinski definition) is 4. The van der Waals surface area contributed by atoms with Crippen LogP contribution in [-0.4, -0.2) is 41.1 Å². The SMILES string of the molecule is CCC(Cc1cc(F)ccc1C)C(=O)c1cn(CCN(C)C)c2cc(/C(=C/N)C(=N)Cl)ccc12. The van der Waals surface area contributed by atoms with Crippen LogP contribution < -0.4 is 5.73 Å². The molecule has 0 fully saturated rings. The Labute approximate surface area is 205 Å². The van der Waals surface area contributed by atoms with E-state index in [2.05, 4.69) is 9.47 Å². The Balaban J connectivity index is 2.06. The van der Waals surface area contributed by atoms with Crippen LogP contribution in [0.5, 0.6) is 0 Å². The number of nitrogens with two attached hydrogens (primary N) is 1. The molecule has 34 heavy (non-hydrogen) atoms. The number of carbonyl (C=O) groups is 1. The van der Waals surface area contributed by atoms with Gasteiger partial charge in [-0.3, -0.25) is 10.2 Å². The first kappa shape index (κ1) is 25.7. The lowest BCUT2D eigenvalue weighted by Crippen LogP contribution is -2.18. The zero-order valence-corrected chi connectivity index (χ0v) is 20.9. The van der Waals surface area contributed by atoms with Gasteiger partial charge in [0.25, 0.3) is 0 Å². The Morgan fingerprint density at radius 2 is 2.00 bits per heavy atom. The predicted octanol–water partition coefficient (Wildman–Crippen LogP) is 5.62. The molecule has 7 heteroatoms. The number of benzene rings is 2. The van der Waals surface area contributed by atoms with E-state index in [1.807, 2.05) is 52.3 Å². The molecule has 0 amide bonds.